The van der Waals surface area contributed by atoms with Crippen LogP contribution in [0.4, 0.5) is 0 Å². The first-order valence-electron chi connectivity index (χ1n) is 5.23. The van der Waals surface area contributed by atoms with Crippen LogP contribution in [0.15, 0.2) is 20.4 Å². The van der Waals surface area contributed by atoms with Crippen molar-refractivity contribution in [3.05, 3.63) is 0 Å². The maximum Gasteiger partial charge on any atom is 0.211 e. The summed E-state index contributed by atoms with van der Waals surface area (Å²) in [5, 5.41) is 50.5. The third-order valence-corrected chi connectivity index (χ3v) is 1.85. The Morgan fingerprint density at radius 2 is 1.50 bits per heavy atom. The largest absolute Gasteiger partial charge is 0.394 e. The third kappa shape index (κ3) is 6.60. The highest BCUT2D eigenvalue weighted by molar-refractivity contribution is 6.32. The van der Waals surface area contributed by atoms with Gasteiger partial charge in [0, 0.05) is 0 Å². The van der Waals surface area contributed by atoms with Crippen molar-refractivity contribution < 1.29 is 20.4 Å². The van der Waals surface area contributed by atoms with E-state index in [1.807, 2.05) is 0 Å². The molecule has 0 aromatic rings. The van der Waals surface area contributed by atoms with Crippen molar-refractivity contribution in [2.75, 3.05) is 6.61 Å². The van der Waals surface area contributed by atoms with E-state index in [0.717, 1.165) is 6.21 Å². The normalized spacial score (nSPS) is 16.5. The summed E-state index contributed by atoms with van der Waals surface area (Å²) in [7, 11) is 0. The summed E-state index contributed by atoms with van der Waals surface area (Å²) >= 11 is 0. The predicted molar refractivity (Wildman–Crippen MR) is 72.7 cm³/mol. The first kappa shape index (κ1) is 17.7. The van der Waals surface area contributed by atoms with Gasteiger partial charge in [-0.25, -0.2) is 0 Å². The van der Waals surface area contributed by atoms with E-state index in [-0.39, 0.29) is 11.7 Å². The Hall–Kier alpha value is -2.28. The summed E-state index contributed by atoms with van der Waals surface area (Å²) < 4.78 is 0. The standard InChI is InChI=1S/C8H18N8O4/c9-7(10)15-13-1-3(14-16-8(11)12)5(19)6(20)4(18)2-17/h1,4-6,17-20H,2H2,(H4,9,10,15)(H4,11,12,16)/t4-,5-,6-/m1/s1. The molecule has 3 atom stereocenters. The Labute approximate surface area is 113 Å². The fourth-order valence-corrected chi connectivity index (χ4v) is 0.925. The zero-order chi connectivity index (χ0) is 15.7. The lowest BCUT2D eigenvalue weighted by Crippen LogP contribution is -2.44. The van der Waals surface area contributed by atoms with E-state index in [1.165, 1.54) is 0 Å². The van der Waals surface area contributed by atoms with Gasteiger partial charge in [0.1, 0.15) is 24.0 Å². The van der Waals surface area contributed by atoms with Gasteiger partial charge in [-0.2, -0.15) is 5.10 Å². The van der Waals surface area contributed by atoms with E-state index in [1.54, 1.807) is 0 Å². The van der Waals surface area contributed by atoms with Gasteiger partial charge in [0.2, 0.25) is 11.9 Å². The Morgan fingerprint density at radius 3 is 1.95 bits per heavy atom. The fourth-order valence-electron chi connectivity index (χ4n) is 0.925. The molecule has 0 unspecified atom stereocenters. The second kappa shape index (κ2) is 8.76. The van der Waals surface area contributed by atoms with Crippen molar-refractivity contribution in [1.82, 2.24) is 0 Å². The van der Waals surface area contributed by atoms with Crippen molar-refractivity contribution in [1.29, 1.82) is 0 Å². The highest BCUT2D eigenvalue weighted by Crippen LogP contribution is 2.02. The molecule has 0 aliphatic rings. The average molecular weight is 290 g/mol. The molecule has 12 nitrogen and oxygen atoms in total. The van der Waals surface area contributed by atoms with Crippen molar-refractivity contribution >= 4 is 23.8 Å². The molecule has 0 fully saturated rings. The van der Waals surface area contributed by atoms with Crippen molar-refractivity contribution in [2.45, 2.75) is 18.3 Å². The molecule has 12 N–H and O–H groups in total. The van der Waals surface area contributed by atoms with Crippen LogP contribution in [0.25, 0.3) is 0 Å². The van der Waals surface area contributed by atoms with Crippen LogP contribution < -0.4 is 22.9 Å². The number of hydrogen-bond acceptors (Lipinski definition) is 8. The quantitative estimate of drug-likeness (QED) is 0.128. The lowest BCUT2D eigenvalue weighted by Gasteiger charge is -2.20. The fraction of sp³-hybridized carbons (Fsp3) is 0.500. The zero-order valence-electron chi connectivity index (χ0n) is 10.4. The van der Waals surface area contributed by atoms with E-state index in [9.17, 15) is 15.3 Å². The number of nitrogens with zero attached hydrogens (tertiary/aromatic N) is 4. The highest BCUT2D eigenvalue weighted by Gasteiger charge is 2.27. The van der Waals surface area contributed by atoms with Crippen LogP contribution in [-0.4, -0.2) is 69.2 Å². The molecule has 0 radical (unpaired) electrons. The van der Waals surface area contributed by atoms with Gasteiger partial charge in [-0.1, -0.05) is 0 Å². The molecular weight excluding hydrogens is 272 g/mol. The Morgan fingerprint density at radius 1 is 0.950 bits per heavy atom. The first-order valence-corrected chi connectivity index (χ1v) is 5.23. The molecular formula is C8H18N8O4. The van der Waals surface area contributed by atoms with Gasteiger partial charge in [0.15, 0.2) is 0 Å². The van der Waals surface area contributed by atoms with E-state index in [2.05, 4.69) is 20.4 Å². The van der Waals surface area contributed by atoms with Crippen LogP contribution in [0, 0.1) is 0 Å². The lowest BCUT2D eigenvalue weighted by molar-refractivity contribution is -0.0548. The molecule has 0 heterocycles. The SMILES string of the molecule is NC(N)=NN=CC(=NN=C(N)N)[C@@H](O)[C@H](O)[C@H](O)CO. The minimum absolute atomic E-state index is 0.344. The molecule has 0 bridgehead atoms. The summed E-state index contributed by atoms with van der Waals surface area (Å²) in [5.74, 6) is -0.769. The van der Waals surface area contributed by atoms with E-state index in [4.69, 9.17) is 28.0 Å². The summed E-state index contributed by atoms with van der Waals surface area (Å²) in [4.78, 5) is 0. The maximum absolute atomic E-state index is 9.75. The van der Waals surface area contributed by atoms with Gasteiger partial charge in [-0.3, -0.25) is 0 Å². The number of aliphatic hydroxyl groups excluding tert-OH is 4. The van der Waals surface area contributed by atoms with Gasteiger partial charge >= 0.3 is 0 Å². The minimum atomic E-state index is -1.75. The number of guanidine groups is 2. The van der Waals surface area contributed by atoms with E-state index in [0.29, 0.717) is 0 Å². The monoisotopic (exact) mass is 290 g/mol. The summed E-state index contributed by atoms with van der Waals surface area (Å²) in [6.07, 6.45) is -4.23. The van der Waals surface area contributed by atoms with Gasteiger partial charge < -0.3 is 43.4 Å². The molecule has 114 valence electrons. The van der Waals surface area contributed by atoms with Crippen molar-refractivity contribution in [2.24, 2.45) is 43.3 Å². The van der Waals surface area contributed by atoms with Gasteiger partial charge in [-0.15, -0.1) is 15.3 Å². The van der Waals surface area contributed by atoms with Crippen LogP contribution in [0.3, 0.4) is 0 Å². The second-order valence-corrected chi connectivity index (χ2v) is 3.50. The summed E-state index contributed by atoms with van der Waals surface area (Å²) in [5.41, 5.74) is 19.8. The molecule has 0 amide bonds. The minimum Gasteiger partial charge on any atom is -0.394 e. The Balaban J connectivity index is 5.22. The van der Waals surface area contributed by atoms with Crippen molar-refractivity contribution in [3.63, 3.8) is 0 Å². The van der Waals surface area contributed by atoms with E-state index < -0.39 is 30.9 Å². The molecule has 12 heteroatoms. The second-order valence-electron chi connectivity index (χ2n) is 3.50. The Bertz CT molecular complexity index is 413. The number of nitrogens with two attached hydrogens (primary N) is 4. The molecule has 0 saturated carbocycles. The van der Waals surface area contributed by atoms with Gasteiger partial charge in [0.05, 0.1) is 12.8 Å². The van der Waals surface area contributed by atoms with Crippen LogP contribution in [0.1, 0.15) is 0 Å². The van der Waals surface area contributed by atoms with Crippen LogP contribution in [0.5, 0.6) is 0 Å². The van der Waals surface area contributed by atoms with Gasteiger partial charge in [-0.05, 0) is 0 Å². The van der Waals surface area contributed by atoms with Gasteiger partial charge in [0.25, 0.3) is 0 Å². The number of aliphatic hydroxyl groups is 4. The predicted octanol–water partition coefficient (Wildman–Crippen LogP) is -5.05. The first-order chi connectivity index (χ1) is 9.29. The molecule has 0 saturated heterocycles. The van der Waals surface area contributed by atoms with Crippen LogP contribution >= 0.6 is 0 Å². The molecule has 0 aliphatic heterocycles. The summed E-state index contributed by atoms with van der Waals surface area (Å²) in [6.45, 7) is -0.779. The lowest BCUT2D eigenvalue weighted by atomic mass is 10.0. The van der Waals surface area contributed by atoms with Crippen molar-refractivity contribution in [3.8, 4) is 0 Å². The number of hydrogen-bond donors (Lipinski definition) is 8. The molecule has 0 aliphatic carbocycles. The molecule has 0 rings (SSSR count). The topological polar surface area (TPSA) is 234 Å². The Kier molecular flexibility index (Phi) is 7.76. The smallest absolute Gasteiger partial charge is 0.211 e. The third-order valence-electron chi connectivity index (χ3n) is 1.85. The number of rotatable bonds is 7. The molecule has 20 heavy (non-hydrogen) atoms. The summed E-state index contributed by atoms with van der Waals surface area (Å²) in [6, 6.07) is 0. The molecule has 0 aromatic heterocycles. The molecule has 0 aromatic carbocycles. The van der Waals surface area contributed by atoms with Crippen LogP contribution in [-0.2, 0) is 0 Å². The molecule has 0 spiro atoms. The average Bonchev–Trinajstić information content (AvgIpc) is 2.39. The van der Waals surface area contributed by atoms with Crippen LogP contribution in [0.2, 0.25) is 0 Å². The van der Waals surface area contributed by atoms with E-state index >= 15 is 0 Å². The maximum atomic E-state index is 9.75. The highest BCUT2D eigenvalue weighted by atomic mass is 16.4. The zero-order valence-corrected chi connectivity index (χ0v) is 10.4.